The van der Waals surface area contributed by atoms with Crippen LogP contribution in [-0.2, 0) is 11.3 Å². The zero-order valence-corrected chi connectivity index (χ0v) is 16.0. The smallest absolute Gasteiger partial charge is 0.315 e. The van der Waals surface area contributed by atoms with Gasteiger partial charge in [-0.25, -0.2) is 14.2 Å². The lowest BCUT2D eigenvalue weighted by molar-refractivity contribution is -0.115. The van der Waals surface area contributed by atoms with E-state index in [1.165, 1.54) is 23.5 Å². The summed E-state index contributed by atoms with van der Waals surface area (Å²) >= 11 is 1.38. The van der Waals surface area contributed by atoms with E-state index in [0.717, 1.165) is 21.7 Å². The van der Waals surface area contributed by atoms with Crippen molar-refractivity contribution < 1.29 is 14.0 Å². The third-order valence-electron chi connectivity index (χ3n) is 3.85. The number of aromatic nitrogens is 1. The minimum atomic E-state index is -0.486. The summed E-state index contributed by atoms with van der Waals surface area (Å²) in [5.74, 6) is -0.706. The van der Waals surface area contributed by atoms with Gasteiger partial charge in [-0.3, -0.25) is 4.79 Å². The molecule has 3 aromatic rings. The number of carbonyl (C=O) groups excluding carboxylic acids is 2. The average molecular weight is 398 g/mol. The lowest BCUT2D eigenvalue weighted by Crippen LogP contribution is -2.39. The Balaban J connectivity index is 1.46. The van der Waals surface area contributed by atoms with E-state index in [1.807, 2.05) is 37.3 Å². The Kier molecular flexibility index (Phi) is 6.33. The first-order chi connectivity index (χ1) is 13.5. The molecule has 1 heterocycles. The number of halogens is 1. The highest BCUT2D eigenvalue weighted by molar-refractivity contribution is 7.19. The zero-order chi connectivity index (χ0) is 19.9. The van der Waals surface area contributed by atoms with E-state index in [9.17, 15) is 14.0 Å². The van der Waals surface area contributed by atoms with Gasteiger partial charge in [0.05, 0.1) is 17.1 Å². The van der Waals surface area contributed by atoms with Crippen molar-refractivity contribution in [1.29, 1.82) is 0 Å². The van der Waals surface area contributed by atoms with E-state index in [-0.39, 0.29) is 24.8 Å². The van der Waals surface area contributed by atoms with Crippen molar-refractivity contribution >= 4 is 28.4 Å². The summed E-state index contributed by atoms with van der Waals surface area (Å²) in [6.45, 7) is 1.93. The predicted octanol–water partition coefficient (Wildman–Crippen LogP) is 3.70. The number of urea groups is 1. The lowest BCUT2D eigenvalue weighted by atomic mass is 10.2. The Hall–Kier alpha value is -3.26. The molecule has 3 amide bonds. The third kappa shape index (κ3) is 5.37. The van der Waals surface area contributed by atoms with Crippen LogP contribution in [0.1, 0.15) is 11.3 Å². The van der Waals surface area contributed by atoms with Crippen molar-refractivity contribution in [3.8, 4) is 10.4 Å². The minimum Gasteiger partial charge on any atom is -0.334 e. The summed E-state index contributed by atoms with van der Waals surface area (Å²) in [6, 6.07) is 15.1. The van der Waals surface area contributed by atoms with Gasteiger partial charge in [0.1, 0.15) is 5.82 Å². The molecule has 0 aliphatic rings. The predicted molar refractivity (Wildman–Crippen MR) is 108 cm³/mol. The van der Waals surface area contributed by atoms with Crippen LogP contribution in [0.5, 0.6) is 0 Å². The number of hydrogen-bond donors (Lipinski definition) is 3. The maximum Gasteiger partial charge on any atom is 0.315 e. The maximum atomic E-state index is 12.8. The number of rotatable bonds is 6. The van der Waals surface area contributed by atoms with Gasteiger partial charge in [0.25, 0.3) is 0 Å². The molecular formula is C20H19FN4O2S. The van der Waals surface area contributed by atoms with E-state index >= 15 is 0 Å². The monoisotopic (exact) mass is 398 g/mol. The molecule has 0 saturated carbocycles. The molecule has 0 spiro atoms. The van der Waals surface area contributed by atoms with Crippen LogP contribution in [0.15, 0.2) is 54.6 Å². The van der Waals surface area contributed by atoms with Crippen molar-refractivity contribution in [3.63, 3.8) is 0 Å². The second-order valence-electron chi connectivity index (χ2n) is 6.01. The first kappa shape index (κ1) is 19.5. The number of anilines is 1. The molecule has 28 heavy (non-hydrogen) atoms. The number of hydrogen-bond acceptors (Lipinski definition) is 4. The normalized spacial score (nSPS) is 10.4. The topological polar surface area (TPSA) is 83.1 Å². The van der Waals surface area contributed by atoms with E-state index in [1.54, 1.807) is 12.1 Å². The molecule has 2 aromatic carbocycles. The van der Waals surface area contributed by atoms with Crippen LogP contribution in [0.2, 0.25) is 0 Å². The van der Waals surface area contributed by atoms with Crippen molar-refractivity contribution in [1.82, 2.24) is 15.6 Å². The SMILES string of the molecule is Cc1nc(NC(=O)CNC(=O)NCc2ccc(F)cc2)sc1-c1ccccc1. The summed E-state index contributed by atoms with van der Waals surface area (Å²) < 4.78 is 12.8. The highest BCUT2D eigenvalue weighted by atomic mass is 32.1. The number of nitrogens with zero attached hydrogens (tertiary/aromatic N) is 1. The minimum absolute atomic E-state index is 0.186. The average Bonchev–Trinajstić information content (AvgIpc) is 3.06. The number of amides is 3. The first-order valence-corrected chi connectivity index (χ1v) is 9.42. The number of thiazole rings is 1. The van der Waals surface area contributed by atoms with Crippen LogP contribution in [0.4, 0.5) is 14.3 Å². The Morgan fingerprint density at radius 1 is 1.04 bits per heavy atom. The molecule has 6 nitrogen and oxygen atoms in total. The molecule has 8 heteroatoms. The van der Waals surface area contributed by atoms with Crippen LogP contribution in [-0.4, -0.2) is 23.5 Å². The van der Waals surface area contributed by atoms with Crippen molar-refractivity contribution in [2.24, 2.45) is 0 Å². The van der Waals surface area contributed by atoms with Gasteiger partial charge in [-0.05, 0) is 30.2 Å². The molecule has 0 radical (unpaired) electrons. The van der Waals surface area contributed by atoms with Gasteiger partial charge in [0, 0.05) is 6.54 Å². The molecule has 0 atom stereocenters. The molecule has 144 valence electrons. The van der Waals surface area contributed by atoms with Gasteiger partial charge in [-0.2, -0.15) is 0 Å². The fourth-order valence-electron chi connectivity index (χ4n) is 2.48. The number of aryl methyl sites for hydroxylation is 1. The maximum absolute atomic E-state index is 12.8. The summed E-state index contributed by atoms with van der Waals surface area (Å²) in [4.78, 5) is 29.2. The molecule has 3 N–H and O–H groups in total. The van der Waals surface area contributed by atoms with Crippen LogP contribution >= 0.6 is 11.3 Å². The van der Waals surface area contributed by atoms with Crippen molar-refractivity contribution in [3.05, 3.63) is 71.7 Å². The molecule has 0 saturated heterocycles. The van der Waals surface area contributed by atoms with Gasteiger partial charge in [0.15, 0.2) is 5.13 Å². The Bertz CT molecular complexity index is 958. The first-order valence-electron chi connectivity index (χ1n) is 8.60. The number of benzene rings is 2. The number of nitrogens with one attached hydrogen (secondary N) is 3. The molecule has 0 aliphatic carbocycles. The molecule has 0 unspecified atom stereocenters. The second kappa shape index (κ2) is 9.09. The largest absolute Gasteiger partial charge is 0.334 e. The van der Waals surface area contributed by atoms with Crippen LogP contribution < -0.4 is 16.0 Å². The molecular weight excluding hydrogens is 379 g/mol. The lowest BCUT2D eigenvalue weighted by Gasteiger charge is -2.07. The summed E-state index contributed by atoms with van der Waals surface area (Å²) in [5.41, 5.74) is 2.63. The molecule has 3 rings (SSSR count). The molecule has 0 fully saturated rings. The van der Waals surface area contributed by atoms with Crippen LogP contribution in [0, 0.1) is 12.7 Å². The Morgan fingerprint density at radius 3 is 2.46 bits per heavy atom. The quantitative estimate of drug-likeness (QED) is 0.592. The van der Waals surface area contributed by atoms with Crippen LogP contribution in [0.3, 0.4) is 0 Å². The van der Waals surface area contributed by atoms with Gasteiger partial charge in [0.2, 0.25) is 5.91 Å². The van der Waals surface area contributed by atoms with Crippen molar-refractivity contribution in [2.45, 2.75) is 13.5 Å². The Morgan fingerprint density at radius 2 is 1.75 bits per heavy atom. The Labute approximate surface area is 165 Å². The molecule has 0 bridgehead atoms. The van der Waals surface area contributed by atoms with Gasteiger partial charge in [-0.15, -0.1) is 0 Å². The van der Waals surface area contributed by atoms with Gasteiger partial charge < -0.3 is 16.0 Å². The van der Waals surface area contributed by atoms with Gasteiger partial charge >= 0.3 is 6.03 Å². The van der Waals surface area contributed by atoms with E-state index in [2.05, 4.69) is 20.9 Å². The third-order valence-corrected chi connectivity index (χ3v) is 4.98. The molecule has 0 aliphatic heterocycles. The fraction of sp³-hybridized carbons (Fsp3) is 0.150. The summed E-state index contributed by atoms with van der Waals surface area (Å²) in [6.07, 6.45) is 0. The molecule has 1 aromatic heterocycles. The van der Waals surface area contributed by atoms with Crippen LogP contribution in [0.25, 0.3) is 10.4 Å². The zero-order valence-electron chi connectivity index (χ0n) is 15.2. The summed E-state index contributed by atoms with van der Waals surface area (Å²) in [5, 5.41) is 8.26. The van der Waals surface area contributed by atoms with E-state index < -0.39 is 6.03 Å². The van der Waals surface area contributed by atoms with E-state index in [0.29, 0.717) is 5.13 Å². The standard InChI is InChI=1S/C20H19FN4O2S/c1-13-18(15-5-3-2-4-6-15)28-20(24-13)25-17(26)12-23-19(27)22-11-14-7-9-16(21)10-8-14/h2-10H,11-12H2,1H3,(H2,22,23,27)(H,24,25,26). The van der Waals surface area contributed by atoms with E-state index in [4.69, 9.17) is 0 Å². The fourth-order valence-corrected chi connectivity index (χ4v) is 3.47. The van der Waals surface area contributed by atoms with Crippen molar-refractivity contribution in [2.75, 3.05) is 11.9 Å². The van der Waals surface area contributed by atoms with Gasteiger partial charge in [-0.1, -0.05) is 53.8 Å². The highest BCUT2D eigenvalue weighted by Gasteiger charge is 2.12. The summed E-state index contributed by atoms with van der Waals surface area (Å²) in [7, 11) is 0. The second-order valence-corrected chi connectivity index (χ2v) is 7.01. The number of carbonyl (C=O) groups is 2. The highest BCUT2D eigenvalue weighted by Crippen LogP contribution is 2.32.